The largest absolute Gasteiger partial charge is 0.462 e. The molecule has 1 atom stereocenters. The Morgan fingerprint density at radius 2 is 2.24 bits per heavy atom. The Labute approximate surface area is 122 Å². The van der Waals surface area contributed by atoms with E-state index >= 15 is 0 Å². The Balaban J connectivity index is 2.33. The second-order valence-corrected chi connectivity index (χ2v) is 4.61. The molecule has 0 saturated carbocycles. The van der Waals surface area contributed by atoms with Crippen molar-refractivity contribution in [3.05, 3.63) is 39.9 Å². The minimum absolute atomic E-state index is 0.280. The molecule has 114 valence electrons. The van der Waals surface area contributed by atoms with Crippen LogP contribution in [0.3, 0.4) is 0 Å². The molecule has 21 heavy (non-hydrogen) atoms. The molecule has 7 heteroatoms. The van der Waals surface area contributed by atoms with Crippen molar-refractivity contribution >= 4 is 11.7 Å². The highest BCUT2D eigenvalue weighted by atomic mass is 16.7. The smallest absolute Gasteiger partial charge is 0.411 e. The summed E-state index contributed by atoms with van der Waals surface area (Å²) in [6.07, 6.45) is 0.317. The minimum atomic E-state index is -1.53. The van der Waals surface area contributed by atoms with Crippen molar-refractivity contribution in [1.82, 2.24) is 0 Å². The zero-order valence-electron chi connectivity index (χ0n) is 12.1. The van der Waals surface area contributed by atoms with E-state index in [2.05, 4.69) is 0 Å². The summed E-state index contributed by atoms with van der Waals surface area (Å²) in [6.45, 7) is 4.57. The van der Waals surface area contributed by atoms with Gasteiger partial charge in [-0.25, -0.2) is 4.79 Å². The summed E-state index contributed by atoms with van der Waals surface area (Å²) in [5.41, 5.74) is 0.935. The SMILES string of the molecule is CCOC(=O)c1cccc(N(CC)[C@]2([N+](=O)[O-])CCO2)c1. The average molecular weight is 294 g/mol. The topological polar surface area (TPSA) is 81.9 Å². The lowest BCUT2D eigenvalue weighted by Crippen LogP contribution is -2.63. The van der Waals surface area contributed by atoms with Crippen molar-refractivity contribution in [2.45, 2.75) is 26.1 Å². The number of nitro groups is 1. The number of hydrogen-bond donors (Lipinski definition) is 0. The van der Waals surface area contributed by atoms with Gasteiger partial charge in [-0.3, -0.25) is 19.8 Å². The molecule has 1 heterocycles. The number of esters is 1. The number of ether oxygens (including phenoxy) is 2. The Kier molecular flexibility index (Phi) is 4.42. The summed E-state index contributed by atoms with van der Waals surface area (Å²) < 4.78 is 10.2. The van der Waals surface area contributed by atoms with Crippen molar-refractivity contribution in [2.24, 2.45) is 0 Å². The van der Waals surface area contributed by atoms with Crippen LogP contribution in [0.2, 0.25) is 0 Å². The summed E-state index contributed by atoms with van der Waals surface area (Å²) >= 11 is 0. The summed E-state index contributed by atoms with van der Waals surface area (Å²) in [5.74, 6) is -1.97. The van der Waals surface area contributed by atoms with E-state index in [1.54, 1.807) is 36.1 Å². The van der Waals surface area contributed by atoms with Gasteiger partial charge in [0.05, 0.1) is 30.1 Å². The lowest BCUT2D eigenvalue weighted by molar-refractivity contribution is -0.655. The third-order valence-corrected chi connectivity index (χ3v) is 3.45. The van der Waals surface area contributed by atoms with E-state index in [1.165, 1.54) is 0 Å². The van der Waals surface area contributed by atoms with Crippen LogP contribution >= 0.6 is 0 Å². The standard InChI is InChI=1S/C14H18N2O5/c1-3-15(14(16(18)19)8-9-21-14)12-7-5-6-11(10-12)13(17)20-4-2/h5-7,10H,3-4,8-9H2,1-2H3/t14-/m0/s1. The van der Waals surface area contributed by atoms with Crippen LogP contribution in [0.1, 0.15) is 30.6 Å². The molecular weight excluding hydrogens is 276 g/mol. The molecular formula is C14H18N2O5. The average Bonchev–Trinajstić information content (AvgIpc) is 2.42. The number of hydrogen-bond acceptors (Lipinski definition) is 6. The van der Waals surface area contributed by atoms with E-state index in [4.69, 9.17) is 9.47 Å². The fourth-order valence-corrected chi connectivity index (χ4v) is 2.39. The molecule has 1 aliphatic rings. The van der Waals surface area contributed by atoms with Gasteiger partial charge in [-0.05, 0) is 32.0 Å². The fourth-order valence-electron chi connectivity index (χ4n) is 2.39. The van der Waals surface area contributed by atoms with Crippen LogP contribution in [-0.2, 0) is 9.47 Å². The molecule has 0 amide bonds. The fraction of sp³-hybridized carbons (Fsp3) is 0.500. The van der Waals surface area contributed by atoms with Crippen molar-refractivity contribution in [1.29, 1.82) is 0 Å². The first-order chi connectivity index (χ1) is 10.0. The van der Waals surface area contributed by atoms with Gasteiger partial charge in [0.15, 0.2) is 0 Å². The second-order valence-electron chi connectivity index (χ2n) is 4.61. The monoisotopic (exact) mass is 294 g/mol. The van der Waals surface area contributed by atoms with Crippen LogP contribution in [0.15, 0.2) is 24.3 Å². The highest BCUT2D eigenvalue weighted by Crippen LogP contribution is 2.35. The van der Waals surface area contributed by atoms with E-state index in [-0.39, 0.29) is 6.61 Å². The first-order valence-corrected chi connectivity index (χ1v) is 6.88. The van der Waals surface area contributed by atoms with E-state index in [9.17, 15) is 14.9 Å². The zero-order chi connectivity index (χ0) is 15.5. The number of rotatable bonds is 6. The van der Waals surface area contributed by atoms with Crippen molar-refractivity contribution < 1.29 is 19.2 Å². The second kappa shape index (κ2) is 6.09. The van der Waals surface area contributed by atoms with Crippen molar-refractivity contribution in [3.63, 3.8) is 0 Å². The Hall–Kier alpha value is -2.15. The van der Waals surface area contributed by atoms with Gasteiger partial charge in [-0.1, -0.05) is 6.07 Å². The number of anilines is 1. The maximum absolute atomic E-state index is 11.8. The third-order valence-electron chi connectivity index (χ3n) is 3.45. The minimum Gasteiger partial charge on any atom is -0.462 e. The summed E-state index contributed by atoms with van der Waals surface area (Å²) in [5, 5.41) is 11.3. The predicted molar refractivity (Wildman–Crippen MR) is 75.7 cm³/mol. The summed E-state index contributed by atoms with van der Waals surface area (Å²) in [7, 11) is 0. The van der Waals surface area contributed by atoms with Gasteiger partial charge in [0.1, 0.15) is 0 Å². The molecule has 1 saturated heterocycles. The molecule has 0 radical (unpaired) electrons. The van der Waals surface area contributed by atoms with E-state index in [1.807, 2.05) is 6.92 Å². The van der Waals surface area contributed by atoms with Crippen molar-refractivity contribution in [2.75, 3.05) is 24.7 Å². The summed E-state index contributed by atoms with van der Waals surface area (Å²) in [4.78, 5) is 24.2. The lowest BCUT2D eigenvalue weighted by atomic mass is 10.1. The molecule has 1 aromatic rings. The Morgan fingerprint density at radius 3 is 2.71 bits per heavy atom. The van der Waals surface area contributed by atoms with Crippen molar-refractivity contribution in [3.8, 4) is 0 Å². The van der Waals surface area contributed by atoms with Crippen LogP contribution in [0.5, 0.6) is 0 Å². The van der Waals surface area contributed by atoms with Gasteiger partial charge >= 0.3 is 11.8 Å². The third kappa shape index (κ3) is 2.69. The van der Waals surface area contributed by atoms with Gasteiger partial charge in [0, 0.05) is 12.2 Å². The highest BCUT2D eigenvalue weighted by Gasteiger charge is 2.56. The summed E-state index contributed by atoms with van der Waals surface area (Å²) in [6, 6.07) is 6.61. The molecule has 1 aromatic carbocycles. The van der Waals surface area contributed by atoms with Gasteiger partial charge < -0.3 is 4.74 Å². The van der Waals surface area contributed by atoms with E-state index in [0.29, 0.717) is 30.8 Å². The maximum Gasteiger partial charge on any atom is 0.411 e. The highest BCUT2D eigenvalue weighted by molar-refractivity contribution is 5.90. The van der Waals surface area contributed by atoms with Gasteiger partial charge in [-0.15, -0.1) is 0 Å². The molecule has 0 unspecified atom stereocenters. The molecule has 0 aliphatic carbocycles. The predicted octanol–water partition coefficient (Wildman–Crippen LogP) is 2.04. The molecule has 7 nitrogen and oxygen atoms in total. The Bertz CT molecular complexity index is 542. The van der Waals surface area contributed by atoms with Crippen LogP contribution < -0.4 is 4.90 Å². The van der Waals surface area contributed by atoms with Gasteiger partial charge in [0.25, 0.3) is 0 Å². The van der Waals surface area contributed by atoms with Gasteiger partial charge in [-0.2, -0.15) is 0 Å². The molecule has 1 fully saturated rings. The van der Waals surface area contributed by atoms with E-state index in [0.717, 1.165) is 0 Å². The molecule has 0 N–H and O–H groups in total. The van der Waals surface area contributed by atoms with Crippen LogP contribution in [0.4, 0.5) is 5.69 Å². The number of benzene rings is 1. The molecule has 1 aliphatic heterocycles. The van der Waals surface area contributed by atoms with Crippen LogP contribution in [0, 0.1) is 10.1 Å². The number of nitrogens with zero attached hydrogens (tertiary/aromatic N) is 2. The first kappa shape index (κ1) is 15.2. The van der Waals surface area contributed by atoms with E-state index < -0.39 is 16.7 Å². The normalized spacial score (nSPS) is 20.5. The first-order valence-electron chi connectivity index (χ1n) is 6.88. The zero-order valence-corrected chi connectivity index (χ0v) is 12.1. The molecule has 0 aromatic heterocycles. The van der Waals surface area contributed by atoms with Crippen LogP contribution in [0.25, 0.3) is 0 Å². The lowest BCUT2D eigenvalue weighted by Gasteiger charge is -2.41. The number of carbonyl (C=O) groups excluding carboxylic acids is 1. The van der Waals surface area contributed by atoms with Gasteiger partial charge in [0.2, 0.25) is 0 Å². The molecule has 2 rings (SSSR count). The molecule has 0 spiro atoms. The maximum atomic E-state index is 11.8. The molecule has 0 bridgehead atoms. The number of carbonyl (C=O) groups is 1. The van der Waals surface area contributed by atoms with Crippen LogP contribution in [-0.4, -0.2) is 36.5 Å². The Morgan fingerprint density at radius 1 is 1.52 bits per heavy atom. The quantitative estimate of drug-likeness (QED) is 0.345.